The average molecular weight is 409 g/mol. The van der Waals surface area contributed by atoms with Crippen LogP contribution >= 0.6 is 6.72 Å². The Hall–Kier alpha value is -0.670. The van der Waals surface area contributed by atoms with Crippen molar-refractivity contribution in [2.24, 2.45) is 0 Å². The van der Waals surface area contributed by atoms with E-state index in [1.807, 2.05) is 0 Å². The highest BCUT2D eigenvalue weighted by molar-refractivity contribution is 8.07. The molecule has 2 atom stereocenters. The van der Waals surface area contributed by atoms with Crippen LogP contribution in [0.15, 0.2) is 24.3 Å². The molecule has 10 heteroatoms. The Labute approximate surface area is 155 Å². The van der Waals surface area contributed by atoms with Crippen LogP contribution in [-0.4, -0.2) is 33.2 Å². The van der Waals surface area contributed by atoms with Crippen molar-refractivity contribution in [1.29, 1.82) is 0 Å². The normalized spacial score (nSPS) is 14.7. The van der Waals surface area contributed by atoms with Crippen LogP contribution in [-0.2, 0) is 32.1 Å². The van der Waals surface area contributed by atoms with E-state index < -0.39 is 18.0 Å². The summed E-state index contributed by atoms with van der Waals surface area (Å²) in [6.07, 6.45) is 4.91. The summed E-state index contributed by atoms with van der Waals surface area (Å²) in [7, 11) is 1.33. The van der Waals surface area contributed by atoms with Gasteiger partial charge in [0, 0.05) is 24.8 Å². The smallest absolute Gasteiger partial charge is 0.324 e. The fourth-order valence-electron chi connectivity index (χ4n) is 2.12. The number of ketones is 1. The highest BCUT2D eigenvalue weighted by Crippen LogP contribution is 2.42. The van der Waals surface area contributed by atoms with Gasteiger partial charge in [0.05, 0.1) is 6.61 Å². The molecule has 0 aliphatic heterocycles. The number of unbranched alkanes of at least 4 members (excludes halogenated alkanes) is 4. The lowest BCUT2D eigenvalue weighted by atomic mass is 10.0. The van der Waals surface area contributed by atoms with E-state index in [0.717, 1.165) is 32.1 Å². The van der Waals surface area contributed by atoms with Gasteiger partial charge in [-0.1, -0.05) is 19.3 Å². The summed E-state index contributed by atoms with van der Waals surface area (Å²) in [5.41, 5.74) is 1.08. The van der Waals surface area contributed by atoms with Gasteiger partial charge < -0.3 is 13.9 Å². The molecule has 142 valence electrons. The lowest BCUT2D eigenvalue weighted by Crippen LogP contribution is -2.03. The molecule has 0 amide bonds. The van der Waals surface area contributed by atoms with Gasteiger partial charge in [-0.25, -0.2) is 4.21 Å². The van der Waals surface area contributed by atoms with Gasteiger partial charge in [0.2, 0.25) is 0 Å². The summed E-state index contributed by atoms with van der Waals surface area (Å²) in [6.45, 7) is -2.67. The first kappa shape index (κ1) is 22.4. The standard InChI is InChI=1S/C15H24NO6PS2/c1-21-23(18,24)22-12-6-4-2-3-5-7-15(17)13-8-10-14(11-9-13)16-25(19)20/h8-11,16H,2-7,12H2,1H3,(H,18,24)(H,19,20). The van der Waals surface area contributed by atoms with Crippen molar-refractivity contribution in [2.45, 2.75) is 38.5 Å². The molecular weight excluding hydrogens is 385 g/mol. The first-order valence-electron chi connectivity index (χ1n) is 7.88. The summed E-state index contributed by atoms with van der Waals surface area (Å²) < 4.78 is 31.4. The zero-order valence-electron chi connectivity index (χ0n) is 14.1. The van der Waals surface area contributed by atoms with Crippen molar-refractivity contribution in [3.63, 3.8) is 0 Å². The number of hydrogen-bond acceptors (Lipinski definition) is 5. The fraction of sp³-hybridized carbons (Fsp3) is 0.533. The third-order valence-corrected chi connectivity index (χ3v) is 5.59. The Morgan fingerprint density at radius 1 is 1.20 bits per heavy atom. The predicted octanol–water partition coefficient (Wildman–Crippen LogP) is 3.64. The molecule has 0 saturated heterocycles. The van der Waals surface area contributed by atoms with E-state index in [2.05, 4.69) is 9.25 Å². The van der Waals surface area contributed by atoms with Gasteiger partial charge in [0.1, 0.15) is 0 Å². The minimum Gasteiger partial charge on any atom is -0.324 e. The van der Waals surface area contributed by atoms with Crippen LogP contribution in [0.4, 0.5) is 5.69 Å². The van der Waals surface area contributed by atoms with Gasteiger partial charge in [-0.15, -0.1) is 0 Å². The predicted molar refractivity (Wildman–Crippen MR) is 102 cm³/mol. The van der Waals surface area contributed by atoms with Crippen molar-refractivity contribution in [2.75, 3.05) is 18.4 Å². The number of hydrogen-bond donors (Lipinski definition) is 3. The summed E-state index contributed by atoms with van der Waals surface area (Å²) >= 11 is 2.60. The van der Waals surface area contributed by atoms with Crippen LogP contribution in [0.25, 0.3) is 0 Å². The van der Waals surface area contributed by atoms with Crippen molar-refractivity contribution in [1.82, 2.24) is 0 Å². The molecule has 0 radical (unpaired) electrons. The Bertz CT molecular complexity index is 611. The molecule has 0 fully saturated rings. The number of rotatable bonds is 13. The zero-order chi connectivity index (χ0) is 18.7. The van der Waals surface area contributed by atoms with E-state index in [4.69, 9.17) is 20.9 Å². The molecule has 1 aromatic rings. The summed E-state index contributed by atoms with van der Waals surface area (Å²) in [5.74, 6) is 0.0565. The van der Waals surface area contributed by atoms with Crippen molar-refractivity contribution >= 4 is 41.3 Å². The lowest BCUT2D eigenvalue weighted by Gasteiger charge is -2.12. The van der Waals surface area contributed by atoms with Crippen LogP contribution in [0.5, 0.6) is 0 Å². The molecule has 25 heavy (non-hydrogen) atoms. The monoisotopic (exact) mass is 409 g/mol. The first-order valence-corrected chi connectivity index (χ1v) is 11.6. The van der Waals surface area contributed by atoms with Crippen molar-refractivity contribution in [3.05, 3.63) is 29.8 Å². The van der Waals surface area contributed by atoms with Gasteiger partial charge in [0.15, 0.2) is 5.78 Å². The molecule has 0 heterocycles. The molecule has 1 aromatic carbocycles. The van der Waals surface area contributed by atoms with E-state index in [9.17, 15) is 13.9 Å². The molecule has 7 nitrogen and oxygen atoms in total. The maximum absolute atomic E-state index is 12.1. The second-order valence-electron chi connectivity index (χ2n) is 5.35. The SMILES string of the molecule is COP(O)(=S)OCCCCCCCC(=O)c1ccc(NS(=O)O)cc1. The quantitative estimate of drug-likeness (QED) is 0.198. The minimum absolute atomic E-state index is 0.0565. The molecule has 0 saturated carbocycles. The number of carbonyl (C=O) groups is 1. The minimum atomic E-state index is -3.04. The van der Waals surface area contributed by atoms with E-state index in [1.54, 1.807) is 24.3 Å². The van der Waals surface area contributed by atoms with E-state index in [0.29, 0.717) is 24.3 Å². The molecule has 0 aliphatic carbocycles. The van der Waals surface area contributed by atoms with Crippen LogP contribution in [0.1, 0.15) is 48.9 Å². The van der Waals surface area contributed by atoms with Crippen molar-refractivity contribution in [3.8, 4) is 0 Å². The summed E-state index contributed by atoms with van der Waals surface area (Å²) in [5, 5.41) is 0. The van der Waals surface area contributed by atoms with Gasteiger partial charge in [-0.3, -0.25) is 14.1 Å². The molecular formula is C15H24NO6PS2. The summed E-state index contributed by atoms with van der Waals surface area (Å²) in [6, 6.07) is 6.49. The van der Waals surface area contributed by atoms with Crippen LogP contribution in [0, 0.1) is 0 Å². The number of benzene rings is 1. The highest BCUT2D eigenvalue weighted by Gasteiger charge is 2.11. The van der Waals surface area contributed by atoms with Crippen LogP contribution in [0.3, 0.4) is 0 Å². The maximum Gasteiger partial charge on any atom is 0.324 e. The number of carbonyl (C=O) groups excluding carboxylic acids is 1. The molecule has 0 spiro atoms. The molecule has 0 aromatic heterocycles. The Balaban J connectivity index is 2.14. The maximum atomic E-state index is 12.1. The van der Waals surface area contributed by atoms with Crippen LogP contribution in [0.2, 0.25) is 0 Å². The third kappa shape index (κ3) is 10.2. The van der Waals surface area contributed by atoms with Crippen LogP contribution < -0.4 is 4.72 Å². The molecule has 2 unspecified atom stereocenters. The second-order valence-corrected chi connectivity index (χ2v) is 9.00. The van der Waals surface area contributed by atoms with E-state index in [1.165, 1.54) is 7.11 Å². The van der Waals surface area contributed by atoms with Crippen molar-refractivity contribution < 1.29 is 27.5 Å². The Kier molecular flexibility index (Phi) is 10.6. The topological polar surface area (TPSA) is 105 Å². The summed E-state index contributed by atoms with van der Waals surface area (Å²) in [4.78, 5) is 21.5. The first-order chi connectivity index (χ1) is 11.8. The van der Waals surface area contributed by atoms with Gasteiger partial charge in [-0.2, -0.15) is 0 Å². The highest BCUT2D eigenvalue weighted by atomic mass is 32.5. The third-order valence-electron chi connectivity index (χ3n) is 3.45. The van der Waals surface area contributed by atoms with Gasteiger partial charge in [0.25, 0.3) is 11.3 Å². The van der Waals surface area contributed by atoms with Gasteiger partial charge >= 0.3 is 6.72 Å². The Morgan fingerprint density at radius 3 is 2.40 bits per heavy atom. The molecule has 0 aliphatic rings. The molecule has 3 N–H and O–H groups in total. The van der Waals surface area contributed by atoms with E-state index in [-0.39, 0.29) is 5.78 Å². The van der Waals surface area contributed by atoms with E-state index >= 15 is 0 Å². The van der Waals surface area contributed by atoms with Gasteiger partial charge in [-0.05, 0) is 48.9 Å². The average Bonchev–Trinajstić information content (AvgIpc) is 2.57. The number of nitrogens with one attached hydrogen (secondary N) is 1. The number of Topliss-reactive ketones (excluding diaryl/α,β-unsaturated/α-hetero) is 1. The fourth-order valence-corrected chi connectivity index (χ4v) is 3.15. The molecule has 1 rings (SSSR count). The lowest BCUT2D eigenvalue weighted by molar-refractivity contribution is 0.0979. The largest absolute Gasteiger partial charge is 0.324 e. The second kappa shape index (κ2) is 11.9. The zero-order valence-corrected chi connectivity index (χ0v) is 16.6. The Morgan fingerprint density at radius 2 is 1.80 bits per heavy atom. The number of anilines is 1. The molecule has 0 bridgehead atoms.